The van der Waals surface area contributed by atoms with Crippen LogP contribution in [-0.4, -0.2) is 39.4 Å². The minimum Gasteiger partial charge on any atom is -0.497 e. The third kappa shape index (κ3) is 5.60. The molecule has 1 atom stereocenters. The topological polar surface area (TPSA) is 98.1 Å². The standard InChI is InChI=1S/C21H22FN5O3S/c1-13(23-20(29)14-8-10-15(30-3)11-9-14)19-25-26-21(27(19)2)31-12-18(28)24-17-7-5-4-6-16(17)22/h4-11,13H,12H2,1-3H3,(H,23,29)(H,24,28). The summed E-state index contributed by atoms with van der Waals surface area (Å²) in [4.78, 5) is 24.6. The quantitative estimate of drug-likeness (QED) is 0.519. The Balaban J connectivity index is 1.57. The molecular weight excluding hydrogens is 421 g/mol. The van der Waals surface area contributed by atoms with E-state index in [2.05, 4.69) is 20.8 Å². The number of halogens is 1. The van der Waals surface area contributed by atoms with E-state index >= 15 is 0 Å². The second-order valence-electron chi connectivity index (χ2n) is 6.64. The van der Waals surface area contributed by atoms with E-state index in [0.717, 1.165) is 0 Å². The minimum absolute atomic E-state index is 0.0346. The first-order valence-corrected chi connectivity index (χ1v) is 10.4. The van der Waals surface area contributed by atoms with Crippen LogP contribution in [0.15, 0.2) is 53.7 Å². The molecule has 1 heterocycles. The van der Waals surface area contributed by atoms with Crippen molar-refractivity contribution in [2.24, 2.45) is 7.05 Å². The van der Waals surface area contributed by atoms with Gasteiger partial charge in [-0.05, 0) is 43.3 Å². The number of nitrogens with zero attached hydrogens (tertiary/aromatic N) is 3. The number of amides is 2. The Morgan fingerprint density at radius 1 is 1.16 bits per heavy atom. The van der Waals surface area contributed by atoms with Crippen molar-refractivity contribution in [1.29, 1.82) is 0 Å². The molecule has 2 N–H and O–H groups in total. The highest BCUT2D eigenvalue weighted by molar-refractivity contribution is 7.99. The lowest BCUT2D eigenvalue weighted by molar-refractivity contribution is -0.113. The lowest BCUT2D eigenvalue weighted by Crippen LogP contribution is -2.28. The minimum atomic E-state index is -0.497. The van der Waals surface area contributed by atoms with Crippen molar-refractivity contribution in [1.82, 2.24) is 20.1 Å². The summed E-state index contributed by atoms with van der Waals surface area (Å²) < 4.78 is 20.4. The predicted molar refractivity (Wildman–Crippen MR) is 116 cm³/mol. The molecule has 0 fully saturated rings. The molecule has 1 unspecified atom stereocenters. The average molecular weight is 444 g/mol. The zero-order chi connectivity index (χ0) is 22.4. The molecule has 0 radical (unpaired) electrons. The van der Waals surface area contributed by atoms with Crippen LogP contribution in [-0.2, 0) is 11.8 Å². The largest absolute Gasteiger partial charge is 0.497 e. The van der Waals surface area contributed by atoms with Crippen LogP contribution in [0.1, 0.15) is 29.1 Å². The van der Waals surface area contributed by atoms with Gasteiger partial charge in [-0.1, -0.05) is 23.9 Å². The number of anilines is 1. The Hall–Kier alpha value is -3.40. The van der Waals surface area contributed by atoms with E-state index in [0.29, 0.717) is 22.3 Å². The Kier molecular flexibility index (Phi) is 7.24. The van der Waals surface area contributed by atoms with Crippen LogP contribution >= 0.6 is 11.8 Å². The van der Waals surface area contributed by atoms with Crippen LogP contribution in [0.4, 0.5) is 10.1 Å². The fourth-order valence-corrected chi connectivity index (χ4v) is 3.51. The van der Waals surface area contributed by atoms with Gasteiger partial charge in [0.05, 0.1) is 24.6 Å². The lowest BCUT2D eigenvalue weighted by atomic mass is 10.2. The number of ether oxygens (including phenoxy) is 1. The number of hydrogen-bond donors (Lipinski definition) is 2. The second-order valence-corrected chi connectivity index (χ2v) is 7.58. The van der Waals surface area contributed by atoms with E-state index in [9.17, 15) is 14.0 Å². The molecular formula is C21H22FN5O3S. The van der Waals surface area contributed by atoms with Crippen molar-refractivity contribution in [3.8, 4) is 5.75 Å². The van der Waals surface area contributed by atoms with E-state index in [-0.39, 0.29) is 23.3 Å². The summed E-state index contributed by atoms with van der Waals surface area (Å²) in [6.07, 6.45) is 0. The van der Waals surface area contributed by atoms with Gasteiger partial charge >= 0.3 is 0 Å². The first kappa shape index (κ1) is 22.3. The van der Waals surface area contributed by atoms with E-state index in [1.165, 1.54) is 23.9 Å². The van der Waals surface area contributed by atoms with Crippen LogP contribution in [0.3, 0.4) is 0 Å². The summed E-state index contributed by atoms with van der Waals surface area (Å²) in [5.41, 5.74) is 0.621. The fourth-order valence-electron chi connectivity index (χ4n) is 2.79. The van der Waals surface area contributed by atoms with Gasteiger partial charge < -0.3 is 19.9 Å². The Morgan fingerprint density at radius 3 is 2.55 bits per heavy atom. The number of benzene rings is 2. The number of rotatable bonds is 8. The Morgan fingerprint density at radius 2 is 1.87 bits per heavy atom. The van der Waals surface area contributed by atoms with Crippen molar-refractivity contribution in [2.45, 2.75) is 18.1 Å². The molecule has 2 amide bonds. The number of methoxy groups -OCH3 is 1. The molecule has 0 saturated carbocycles. The maximum Gasteiger partial charge on any atom is 0.251 e. The normalized spacial score (nSPS) is 11.6. The monoisotopic (exact) mass is 443 g/mol. The number of para-hydroxylation sites is 1. The molecule has 0 aliphatic heterocycles. The molecule has 0 saturated heterocycles. The van der Waals surface area contributed by atoms with Gasteiger partial charge in [0.15, 0.2) is 11.0 Å². The van der Waals surface area contributed by atoms with Crippen LogP contribution in [0, 0.1) is 5.82 Å². The number of hydrogen-bond acceptors (Lipinski definition) is 6. The molecule has 0 aliphatic carbocycles. The lowest BCUT2D eigenvalue weighted by Gasteiger charge is -2.14. The highest BCUT2D eigenvalue weighted by Gasteiger charge is 2.19. The molecule has 1 aromatic heterocycles. The van der Waals surface area contributed by atoms with Crippen LogP contribution in [0.5, 0.6) is 5.75 Å². The second kappa shape index (κ2) is 10.1. The molecule has 2 aromatic carbocycles. The number of aromatic nitrogens is 3. The third-order valence-electron chi connectivity index (χ3n) is 4.44. The van der Waals surface area contributed by atoms with Crippen molar-refractivity contribution in [3.05, 3.63) is 65.7 Å². The Bertz CT molecular complexity index is 1070. The van der Waals surface area contributed by atoms with Crippen LogP contribution in [0.2, 0.25) is 0 Å². The van der Waals surface area contributed by atoms with E-state index < -0.39 is 11.9 Å². The van der Waals surface area contributed by atoms with Gasteiger partial charge in [0, 0.05) is 12.6 Å². The maximum absolute atomic E-state index is 13.6. The zero-order valence-corrected chi connectivity index (χ0v) is 18.1. The summed E-state index contributed by atoms with van der Waals surface area (Å²) in [6, 6.07) is 12.3. The van der Waals surface area contributed by atoms with E-state index in [1.807, 2.05) is 0 Å². The van der Waals surface area contributed by atoms with Gasteiger partial charge in [0.1, 0.15) is 11.6 Å². The van der Waals surface area contributed by atoms with Crippen molar-refractivity contribution in [3.63, 3.8) is 0 Å². The van der Waals surface area contributed by atoms with Crippen molar-refractivity contribution in [2.75, 3.05) is 18.2 Å². The third-order valence-corrected chi connectivity index (χ3v) is 5.46. The molecule has 10 heteroatoms. The van der Waals surface area contributed by atoms with Crippen molar-refractivity contribution >= 4 is 29.3 Å². The van der Waals surface area contributed by atoms with Crippen LogP contribution in [0.25, 0.3) is 0 Å². The summed E-state index contributed by atoms with van der Waals surface area (Å²) in [5.74, 6) is 0.130. The summed E-state index contributed by atoms with van der Waals surface area (Å²) in [6.45, 7) is 1.80. The number of nitrogens with one attached hydrogen (secondary N) is 2. The Labute approximate surface area is 183 Å². The number of thioether (sulfide) groups is 1. The number of carbonyl (C=O) groups excluding carboxylic acids is 2. The summed E-state index contributed by atoms with van der Waals surface area (Å²) >= 11 is 1.17. The SMILES string of the molecule is COc1ccc(C(=O)NC(C)c2nnc(SCC(=O)Nc3ccccc3F)n2C)cc1. The molecule has 3 rings (SSSR count). The van der Waals surface area contributed by atoms with Gasteiger partial charge in [-0.15, -0.1) is 10.2 Å². The molecule has 0 spiro atoms. The highest BCUT2D eigenvalue weighted by Crippen LogP contribution is 2.20. The van der Waals surface area contributed by atoms with Gasteiger partial charge in [-0.3, -0.25) is 9.59 Å². The summed E-state index contributed by atoms with van der Waals surface area (Å²) in [5, 5.41) is 14.1. The zero-order valence-electron chi connectivity index (χ0n) is 17.3. The first-order chi connectivity index (χ1) is 14.9. The molecule has 8 nitrogen and oxygen atoms in total. The smallest absolute Gasteiger partial charge is 0.251 e. The fraction of sp³-hybridized carbons (Fsp3) is 0.238. The maximum atomic E-state index is 13.6. The van der Waals surface area contributed by atoms with Gasteiger partial charge in [-0.25, -0.2) is 4.39 Å². The number of carbonyl (C=O) groups is 2. The van der Waals surface area contributed by atoms with Crippen LogP contribution < -0.4 is 15.4 Å². The molecule has 0 aliphatic rings. The molecule has 162 valence electrons. The van der Waals surface area contributed by atoms with Gasteiger partial charge in [0.2, 0.25) is 5.91 Å². The predicted octanol–water partition coefficient (Wildman–Crippen LogP) is 3.18. The van der Waals surface area contributed by atoms with Gasteiger partial charge in [0.25, 0.3) is 5.91 Å². The highest BCUT2D eigenvalue weighted by atomic mass is 32.2. The molecule has 0 bridgehead atoms. The van der Waals surface area contributed by atoms with E-state index in [4.69, 9.17) is 4.74 Å². The van der Waals surface area contributed by atoms with Gasteiger partial charge in [-0.2, -0.15) is 0 Å². The van der Waals surface area contributed by atoms with E-state index in [1.54, 1.807) is 62.0 Å². The van der Waals surface area contributed by atoms with Crippen molar-refractivity contribution < 1.29 is 18.7 Å². The first-order valence-electron chi connectivity index (χ1n) is 9.40. The molecule has 3 aromatic rings. The summed E-state index contributed by atoms with van der Waals surface area (Å²) in [7, 11) is 3.31. The molecule has 31 heavy (non-hydrogen) atoms. The average Bonchev–Trinajstić information content (AvgIpc) is 3.14.